The summed E-state index contributed by atoms with van der Waals surface area (Å²) in [4.78, 5) is 0. The van der Waals surface area contributed by atoms with Gasteiger partial charge in [0, 0.05) is 17.2 Å². The van der Waals surface area contributed by atoms with Crippen LogP contribution >= 0.6 is 43.5 Å². The lowest BCUT2D eigenvalue weighted by Gasteiger charge is -2.53. The number of alkyl halides is 1. The first kappa shape index (κ1) is 15.2. The molecule has 20 heavy (non-hydrogen) atoms. The fraction of sp³-hybridized carbons (Fsp3) is 0.625. The van der Waals surface area contributed by atoms with Gasteiger partial charge < -0.3 is 4.74 Å². The lowest BCUT2D eigenvalue weighted by atomic mass is 9.61. The maximum Gasteiger partial charge on any atom is 0.148 e. The van der Waals surface area contributed by atoms with Crippen LogP contribution in [-0.4, -0.2) is 11.5 Å². The van der Waals surface area contributed by atoms with Gasteiger partial charge in [0.05, 0.1) is 8.95 Å². The van der Waals surface area contributed by atoms with Crippen LogP contribution in [-0.2, 0) is 0 Å². The molecule has 0 heterocycles. The SMILES string of the molecule is ClC1CC(Oc2c(Br)cccc2Br)C12CCCCCC2. The number of hydrogen-bond acceptors (Lipinski definition) is 1. The Morgan fingerprint density at radius 1 is 1.05 bits per heavy atom. The Morgan fingerprint density at radius 2 is 1.65 bits per heavy atom. The standard InChI is InChI=1S/C16H19Br2ClO/c17-11-6-5-7-12(18)15(11)20-14-10-13(19)16(14)8-3-1-2-4-9-16/h5-7,13-14H,1-4,8-10H2. The van der Waals surface area contributed by atoms with E-state index in [0.717, 1.165) is 21.1 Å². The van der Waals surface area contributed by atoms with Crippen LogP contribution in [0.1, 0.15) is 44.9 Å². The van der Waals surface area contributed by atoms with Gasteiger partial charge in [-0.25, -0.2) is 0 Å². The van der Waals surface area contributed by atoms with Crippen LogP contribution in [0.4, 0.5) is 0 Å². The lowest BCUT2D eigenvalue weighted by Crippen LogP contribution is -2.57. The summed E-state index contributed by atoms with van der Waals surface area (Å²) in [7, 11) is 0. The van der Waals surface area contributed by atoms with Gasteiger partial charge in [-0.2, -0.15) is 0 Å². The molecule has 2 atom stereocenters. The molecule has 0 radical (unpaired) electrons. The van der Waals surface area contributed by atoms with Crippen molar-refractivity contribution in [3.05, 3.63) is 27.1 Å². The lowest BCUT2D eigenvalue weighted by molar-refractivity contribution is -0.0520. The van der Waals surface area contributed by atoms with Crippen molar-refractivity contribution in [2.24, 2.45) is 5.41 Å². The highest BCUT2D eigenvalue weighted by Crippen LogP contribution is 2.55. The Kier molecular flexibility index (Phi) is 4.69. The third kappa shape index (κ3) is 2.66. The average Bonchev–Trinajstić information content (AvgIpc) is 2.69. The van der Waals surface area contributed by atoms with Crippen LogP contribution in [0.25, 0.3) is 0 Å². The summed E-state index contributed by atoms with van der Waals surface area (Å²) in [6, 6.07) is 6.06. The first-order valence-electron chi connectivity index (χ1n) is 7.38. The van der Waals surface area contributed by atoms with E-state index in [0.29, 0.717) is 0 Å². The molecule has 4 heteroatoms. The highest BCUT2D eigenvalue weighted by atomic mass is 79.9. The van der Waals surface area contributed by atoms with Crippen molar-refractivity contribution in [1.82, 2.24) is 0 Å². The zero-order valence-electron chi connectivity index (χ0n) is 11.4. The topological polar surface area (TPSA) is 9.23 Å². The minimum atomic E-state index is 0.201. The van der Waals surface area contributed by atoms with Crippen molar-refractivity contribution in [2.75, 3.05) is 0 Å². The summed E-state index contributed by atoms with van der Waals surface area (Å²) < 4.78 is 8.37. The number of benzene rings is 1. The van der Waals surface area contributed by atoms with Crippen molar-refractivity contribution < 1.29 is 4.74 Å². The molecule has 1 nitrogen and oxygen atoms in total. The van der Waals surface area contributed by atoms with Crippen LogP contribution in [0.3, 0.4) is 0 Å². The molecule has 0 N–H and O–H groups in total. The molecule has 1 spiro atoms. The van der Waals surface area contributed by atoms with Crippen LogP contribution < -0.4 is 4.74 Å². The summed E-state index contributed by atoms with van der Waals surface area (Å²) in [6.07, 6.45) is 8.93. The van der Waals surface area contributed by atoms with E-state index < -0.39 is 0 Å². The molecule has 1 aromatic rings. The Balaban J connectivity index is 1.80. The van der Waals surface area contributed by atoms with E-state index in [1.54, 1.807) is 0 Å². The summed E-state index contributed by atoms with van der Waals surface area (Å²) >= 11 is 13.8. The van der Waals surface area contributed by atoms with Crippen LogP contribution in [0.2, 0.25) is 0 Å². The van der Waals surface area contributed by atoms with Gasteiger partial charge in [0.1, 0.15) is 11.9 Å². The summed E-state index contributed by atoms with van der Waals surface area (Å²) in [5.41, 5.74) is 0.201. The summed E-state index contributed by atoms with van der Waals surface area (Å²) in [5.74, 6) is 0.921. The second-order valence-corrected chi connectivity index (χ2v) is 8.24. The number of rotatable bonds is 2. The molecule has 0 aromatic heterocycles. The Morgan fingerprint density at radius 3 is 2.20 bits per heavy atom. The quantitative estimate of drug-likeness (QED) is 0.508. The molecule has 0 amide bonds. The van der Waals surface area contributed by atoms with Crippen LogP contribution in [0.15, 0.2) is 27.1 Å². The zero-order chi connectivity index (χ0) is 14.2. The van der Waals surface area contributed by atoms with Crippen LogP contribution in [0.5, 0.6) is 5.75 Å². The van der Waals surface area contributed by atoms with Gasteiger partial charge in [-0.05, 0) is 56.8 Å². The normalized spacial score (nSPS) is 28.8. The highest BCUT2D eigenvalue weighted by Gasteiger charge is 2.55. The molecule has 3 rings (SSSR count). The minimum Gasteiger partial charge on any atom is -0.487 e. The fourth-order valence-corrected chi connectivity index (χ4v) is 5.33. The summed E-state index contributed by atoms with van der Waals surface area (Å²) in [5, 5.41) is 0.284. The maximum absolute atomic E-state index is 6.59. The molecular weight excluding hydrogens is 403 g/mol. The van der Waals surface area contributed by atoms with Gasteiger partial charge in [-0.15, -0.1) is 11.6 Å². The number of para-hydroxylation sites is 1. The average molecular weight is 423 g/mol. The smallest absolute Gasteiger partial charge is 0.148 e. The third-order valence-corrected chi connectivity index (χ3v) is 6.76. The van der Waals surface area contributed by atoms with Gasteiger partial charge in [-0.3, -0.25) is 0 Å². The van der Waals surface area contributed by atoms with Gasteiger partial charge >= 0.3 is 0 Å². The van der Waals surface area contributed by atoms with E-state index in [1.807, 2.05) is 18.2 Å². The monoisotopic (exact) mass is 420 g/mol. The number of hydrogen-bond donors (Lipinski definition) is 0. The third-order valence-electron chi connectivity index (χ3n) is 4.90. The minimum absolute atomic E-state index is 0.201. The highest BCUT2D eigenvalue weighted by molar-refractivity contribution is 9.11. The van der Waals surface area contributed by atoms with Gasteiger partial charge in [-0.1, -0.05) is 31.7 Å². The second kappa shape index (κ2) is 6.18. The fourth-order valence-electron chi connectivity index (χ4n) is 3.62. The predicted octanol–water partition coefficient (Wildman–Crippen LogP) is 6.31. The molecule has 2 unspecified atom stereocenters. The number of ether oxygens (including phenoxy) is 1. The molecule has 0 bridgehead atoms. The Bertz CT molecular complexity index is 463. The zero-order valence-corrected chi connectivity index (χ0v) is 15.3. The maximum atomic E-state index is 6.59. The predicted molar refractivity (Wildman–Crippen MR) is 90.7 cm³/mol. The first-order chi connectivity index (χ1) is 9.63. The molecular formula is C16H19Br2ClO. The van der Waals surface area contributed by atoms with Crippen molar-refractivity contribution in [2.45, 2.75) is 56.4 Å². The molecule has 2 saturated carbocycles. The van der Waals surface area contributed by atoms with Gasteiger partial charge in [0.15, 0.2) is 0 Å². The molecule has 2 aliphatic carbocycles. The van der Waals surface area contributed by atoms with E-state index in [4.69, 9.17) is 16.3 Å². The van der Waals surface area contributed by atoms with E-state index >= 15 is 0 Å². The first-order valence-corrected chi connectivity index (χ1v) is 9.40. The second-order valence-electron chi connectivity index (χ2n) is 6.01. The van der Waals surface area contributed by atoms with E-state index in [1.165, 1.54) is 38.5 Å². The summed E-state index contributed by atoms with van der Waals surface area (Å²) in [6.45, 7) is 0. The van der Waals surface area contributed by atoms with Crippen molar-refractivity contribution in [3.63, 3.8) is 0 Å². The van der Waals surface area contributed by atoms with Crippen LogP contribution in [0, 0.1) is 5.41 Å². The number of halogens is 3. The molecule has 110 valence electrons. The van der Waals surface area contributed by atoms with Crippen molar-refractivity contribution in [3.8, 4) is 5.75 Å². The van der Waals surface area contributed by atoms with Gasteiger partial charge in [0.25, 0.3) is 0 Å². The van der Waals surface area contributed by atoms with E-state index in [2.05, 4.69) is 31.9 Å². The molecule has 1 aromatic carbocycles. The molecule has 0 aliphatic heterocycles. The van der Waals surface area contributed by atoms with Crippen molar-refractivity contribution >= 4 is 43.5 Å². The molecule has 2 fully saturated rings. The van der Waals surface area contributed by atoms with E-state index in [9.17, 15) is 0 Å². The van der Waals surface area contributed by atoms with Crippen molar-refractivity contribution in [1.29, 1.82) is 0 Å². The van der Waals surface area contributed by atoms with E-state index in [-0.39, 0.29) is 16.9 Å². The molecule has 0 saturated heterocycles. The molecule has 2 aliphatic rings. The largest absolute Gasteiger partial charge is 0.487 e. The Hall–Kier alpha value is 0.270. The van der Waals surface area contributed by atoms with Gasteiger partial charge in [0.2, 0.25) is 0 Å². The Labute approximate surface area is 142 Å².